The molecular formula is C10H18O3P+. The Morgan fingerprint density at radius 1 is 1.00 bits per heavy atom. The van der Waals surface area contributed by atoms with E-state index in [1.54, 1.807) is 39.8 Å². The van der Waals surface area contributed by atoms with Crippen molar-refractivity contribution in [2.75, 3.05) is 0 Å². The molecule has 0 radical (unpaired) electrons. The lowest BCUT2D eigenvalue weighted by Crippen LogP contribution is -2.21. The fourth-order valence-corrected chi connectivity index (χ4v) is 1.43. The summed E-state index contributed by atoms with van der Waals surface area (Å²) in [7, 11) is -2.16. The zero-order valence-electron chi connectivity index (χ0n) is 9.24. The van der Waals surface area contributed by atoms with Crippen molar-refractivity contribution in [1.82, 2.24) is 0 Å². The Bertz CT molecular complexity index is 220. The lowest BCUT2D eigenvalue weighted by Gasteiger charge is -2.14. The normalized spacial score (nSPS) is 12.3. The molecule has 0 aromatic rings. The van der Waals surface area contributed by atoms with Crippen LogP contribution < -0.4 is 0 Å². The van der Waals surface area contributed by atoms with Gasteiger partial charge in [0.1, 0.15) is 11.2 Å². The van der Waals surface area contributed by atoms with Crippen molar-refractivity contribution >= 4 is 8.25 Å². The summed E-state index contributed by atoms with van der Waals surface area (Å²) in [4.78, 5) is 0. The Kier molecular flexibility index (Phi) is 4.66. The minimum atomic E-state index is -2.16. The molecular weight excluding hydrogens is 199 g/mol. The first-order valence-electron chi connectivity index (χ1n) is 4.35. The van der Waals surface area contributed by atoms with Crippen LogP contribution in [0.4, 0.5) is 0 Å². The zero-order chi connectivity index (χ0) is 11.4. The Morgan fingerprint density at radius 3 is 1.50 bits per heavy atom. The average molecular weight is 217 g/mol. The maximum Gasteiger partial charge on any atom is 0.699 e. The first kappa shape index (κ1) is 13.5. The van der Waals surface area contributed by atoms with Gasteiger partial charge < -0.3 is 0 Å². The van der Waals surface area contributed by atoms with Gasteiger partial charge in [-0.15, -0.1) is 22.2 Å². The van der Waals surface area contributed by atoms with Gasteiger partial charge in [-0.25, -0.2) is 0 Å². The molecule has 0 saturated heterocycles. The first-order chi connectivity index (χ1) is 6.22. The largest absolute Gasteiger partial charge is 0.699 e. The molecule has 0 aliphatic heterocycles. The van der Waals surface area contributed by atoms with Gasteiger partial charge in [0, 0.05) is 4.57 Å². The van der Waals surface area contributed by atoms with Crippen LogP contribution in [0.1, 0.15) is 27.7 Å². The second kappa shape index (κ2) is 4.83. The van der Waals surface area contributed by atoms with Gasteiger partial charge in [0.25, 0.3) is 0 Å². The van der Waals surface area contributed by atoms with Gasteiger partial charge >= 0.3 is 8.25 Å². The predicted octanol–water partition coefficient (Wildman–Crippen LogP) is 3.61. The predicted molar refractivity (Wildman–Crippen MR) is 58.3 cm³/mol. The minimum Gasteiger partial charge on any atom is -0.109 e. The highest BCUT2D eigenvalue weighted by atomic mass is 31.1. The maximum absolute atomic E-state index is 11.4. The number of hydrogen-bond donors (Lipinski definition) is 0. The molecule has 0 rings (SSSR count). The molecule has 0 aliphatic carbocycles. The third-order valence-corrected chi connectivity index (χ3v) is 2.84. The Balaban J connectivity index is 4.25. The SMILES string of the molecule is C=CC(C)(C)O[P+](=O)OC(C)(C)C=C. The molecule has 0 bridgehead atoms. The summed E-state index contributed by atoms with van der Waals surface area (Å²) in [6.45, 7) is 14.2. The Hall–Kier alpha value is -0.500. The van der Waals surface area contributed by atoms with E-state index in [0.29, 0.717) is 0 Å². The fraction of sp³-hybridized carbons (Fsp3) is 0.600. The van der Waals surface area contributed by atoms with E-state index < -0.39 is 19.5 Å². The van der Waals surface area contributed by atoms with E-state index >= 15 is 0 Å². The lowest BCUT2D eigenvalue weighted by molar-refractivity contribution is 0.0907. The molecule has 0 heterocycles. The van der Waals surface area contributed by atoms with Crippen LogP contribution in [-0.4, -0.2) is 11.2 Å². The quantitative estimate of drug-likeness (QED) is 0.503. The summed E-state index contributed by atoms with van der Waals surface area (Å²) in [5, 5.41) is 0. The molecule has 0 N–H and O–H groups in total. The highest BCUT2D eigenvalue weighted by molar-refractivity contribution is 7.33. The van der Waals surface area contributed by atoms with E-state index in [-0.39, 0.29) is 0 Å². The third kappa shape index (κ3) is 5.28. The summed E-state index contributed by atoms with van der Waals surface area (Å²) in [6.07, 6.45) is 3.15. The van der Waals surface area contributed by atoms with Crippen molar-refractivity contribution in [3.63, 3.8) is 0 Å². The molecule has 0 atom stereocenters. The zero-order valence-corrected chi connectivity index (χ0v) is 10.1. The molecule has 0 aromatic heterocycles. The van der Waals surface area contributed by atoms with Crippen molar-refractivity contribution in [2.45, 2.75) is 38.9 Å². The summed E-state index contributed by atoms with van der Waals surface area (Å²) in [5.41, 5.74) is -1.30. The lowest BCUT2D eigenvalue weighted by atomic mass is 10.1. The smallest absolute Gasteiger partial charge is 0.109 e. The fourth-order valence-electron chi connectivity index (χ4n) is 0.477. The number of hydrogen-bond acceptors (Lipinski definition) is 3. The monoisotopic (exact) mass is 217 g/mol. The van der Waals surface area contributed by atoms with Crippen molar-refractivity contribution in [2.24, 2.45) is 0 Å². The Labute approximate surface area is 86.7 Å². The molecule has 0 aliphatic rings. The standard InChI is InChI=1S/C10H18O3P/c1-7-9(3,4)12-14(11)13-10(5,6)8-2/h7-8H,1-2H2,3-6H3/q+1. The van der Waals surface area contributed by atoms with E-state index in [2.05, 4.69) is 13.2 Å². The van der Waals surface area contributed by atoms with E-state index in [9.17, 15) is 4.57 Å². The van der Waals surface area contributed by atoms with Crippen molar-refractivity contribution < 1.29 is 13.6 Å². The van der Waals surface area contributed by atoms with Crippen LogP contribution in [0.2, 0.25) is 0 Å². The molecule has 0 fully saturated rings. The van der Waals surface area contributed by atoms with Crippen LogP contribution in [0.15, 0.2) is 25.3 Å². The van der Waals surface area contributed by atoms with E-state index in [0.717, 1.165) is 0 Å². The average Bonchev–Trinajstić information content (AvgIpc) is 2.02. The maximum atomic E-state index is 11.4. The molecule has 0 aromatic carbocycles. The van der Waals surface area contributed by atoms with Gasteiger partial charge in [-0.2, -0.15) is 0 Å². The van der Waals surface area contributed by atoms with Gasteiger partial charge in [0.05, 0.1) is 0 Å². The van der Waals surface area contributed by atoms with Crippen molar-refractivity contribution in [3.8, 4) is 0 Å². The molecule has 0 saturated carbocycles. The highest BCUT2D eigenvalue weighted by Crippen LogP contribution is 2.36. The summed E-state index contributed by atoms with van der Waals surface area (Å²) < 4.78 is 21.7. The highest BCUT2D eigenvalue weighted by Gasteiger charge is 2.36. The summed E-state index contributed by atoms with van der Waals surface area (Å²) in [6, 6.07) is 0. The Morgan fingerprint density at radius 2 is 1.29 bits per heavy atom. The van der Waals surface area contributed by atoms with Crippen LogP contribution in [0.25, 0.3) is 0 Å². The molecule has 0 spiro atoms. The minimum absolute atomic E-state index is 0.648. The molecule has 80 valence electrons. The van der Waals surface area contributed by atoms with Crippen LogP contribution in [0, 0.1) is 0 Å². The van der Waals surface area contributed by atoms with Gasteiger partial charge in [0.2, 0.25) is 0 Å². The van der Waals surface area contributed by atoms with Crippen LogP contribution in [0.5, 0.6) is 0 Å². The van der Waals surface area contributed by atoms with E-state index in [1.807, 2.05) is 0 Å². The van der Waals surface area contributed by atoms with Crippen LogP contribution >= 0.6 is 8.25 Å². The van der Waals surface area contributed by atoms with E-state index in [1.165, 1.54) is 0 Å². The van der Waals surface area contributed by atoms with E-state index in [4.69, 9.17) is 9.05 Å². The van der Waals surface area contributed by atoms with Crippen LogP contribution in [-0.2, 0) is 13.6 Å². The van der Waals surface area contributed by atoms with Gasteiger partial charge in [-0.05, 0) is 27.7 Å². The second-order valence-corrected chi connectivity index (χ2v) is 4.83. The molecule has 14 heavy (non-hydrogen) atoms. The van der Waals surface area contributed by atoms with Crippen LogP contribution in [0.3, 0.4) is 0 Å². The number of rotatable bonds is 6. The summed E-state index contributed by atoms with van der Waals surface area (Å²) in [5.74, 6) is 0. The van der Waals surface area contributed by atoms with Gasteiger partial charge in [0.15, 0.2) is 0 Å². The molecule has 4 heteroatoms. The topological polar surface area (TPSA) is 35.5 Å². The van der Waals surface area contributed by atoms with Gasteiger partial charge in [-0.1, -0.05) is 12.2 Å². The molecule has 0 unspecified atom stereocenters. The van der Waals surface area contributed by atoms with Crippen molar-refractivity contribution in [1.29, 1.82) is 0 Å². The van der Waals surface area contributed by atoms with Crippen molar-refractivity contribution in [3.05, 3.63) is 25.3 Å². The molecule has 3 nitrogen and oxygen atoms in total. The summed E-state index contributed by atoms with van der Waals surface area (Å²) >= 11 is 0. The first-order valence-corrected chi connectivity index (χ1v) is 5.45. The molecule has 0 amide bonds. The third-order valence-electron chi connectivity index (χ3n) is 1.60. The second-order valence-electron chi connectivity index (χ2n) is 4.02. The van der Waals surface area contributed by atoms with Gasteiger partial charge in [-0.3, -0.25) is 0 Å².